The van der Waals surface area contributed by atoms with Gasteiger partial charge in [0.05, 0.1) is 0 Å². The largest absolute Gasteiger partial charge is 0.480 e. The minimum Gasteiger partial charge on any atom is -0.480 e. The zero-order valence-corrected chi connectivity index (χ0v) is 8.82. The lowest BCUT2D eigenvalue weighted by molar-refractivity contribution is -0.142. The lowest BCUT2D eigenvalue weighted by Gasteiger charge is -2.20. The third-order valence-corrected chi connectivity index (χ3v) is 2.15. The molecule has 0 fully saturated rings. The quantitative estimate of drug-likeness (QED) is 0.835. The van der Waals surface area contributed by atoms with Crippen molar-refractivity contribution >= 4 is 17.6 Å². The predicted molar refractivity (Wildman–Crippen MR) is 55.5 cm³/mol. The van der Waals surface area contributed by atoms with E-state index in [0.717, 1.165) is 0 Å². The smallest absolute Gasteiger partial charge is 0.325 e. The van der Waals surface area contributed by atoms with Crippen molar-refractivity contribution in [1.29, 1.82) is 0 Å². The van der Waals surface area contributed by atoms with Crippen LogP contribution in [0.5, 0.6) is 0 Å². The van der Waals surface area contributed by atoms with Crippen LogP contribution < -0.4 is 0 Å². The number of carboxylic acids is 1. The Morgan fingerprint density at radius 1 is 1.50 bits per heavy atom. The summed E-state index contributed by atoms with van der Waals surface area (Å²) in [4.78, 5) is 12.6. The van der Waals surface area contributed by atoms with Crippen molar-refractivity contribution in [2.24, 2.45) is 0 Å². The van der Waals surface area contributed by atoms with Crippen molar-refractivity contribution in [3.8, 4) is 0 Å². The standard InChI is InChI=1S/C10H12ClNO2/c1-12(2)9(10(13)14)7-4-3-5-8(11)6-7/h3-6,9H,1-2H3,(H,13,14). The highest BCUT2D eigenvalue weighted by Gasteiger charge is 2.21. The van der Waals surface area contributed by atoms with Gasteiger partial charge in [0.25, 0.3) is 0 Å². The van der Waals surface area contributed by atoms with Crippen LogP contribution in [0.4, 0.5) is 0 Å². The molecule has 1 rings (SSSR count). The number of hydrogen-bond donors (Lipinski definition) is 1. The van der Waals surface area contributed by atoms with Gasteiger partial charge in [-0.05, 0) is 31.8 Å². The summed E-state index contributed by atoms with van der Waals surface area (Å²) in [6, 6.07) is 6.25. The topological polar surface area (TPSA) is 40.5 Å². The zero-order chi connectivity index (χ0) is 10.7. The summed E-state index contributed by atoms with van der Waals surface area (Å²) in [6.45, 7) is 0. The van der Waals surface area contributed by atoms with E-state index in [1.165, 1.54) is 0 Å². The monoisotopic (exact) mass is 213 g/mol. The molecule has 3 nitrogen and oxygen atoms in total. The van der Waals surface area contributed by atoms with E-state index in [1.54, 1.807) is 43.3 Å². The van der Waals surface area contributed by atoms with E-state index in [4.69, 9.17) is 16.7 Å². The number of halogens is 1. The molecular weight excluding hydrogens is 202 g/mol. The lowest BCUT2D eigenvalue weighted by Crippen LogP contribution is -2.27. The number of hydrogen-bond acceptors (Lipinski definition) is 2. The lowest BCUT2D eigenvalue weighted by atomic mass is 10.1. The molecule has 4 heteroatoms. The fraction of sp³-hybridized carbons (Fsp3) is 0.300. The van der Waals surface area contributed by atoms with Gasteiger partial charge in [-0.25, -0.2) is 0 Å². The van der Waals surface area contributed by atoms with Gasteiger partial charge in [0.1, 0.15) is 6.04 Å². The van der Waals surface area contributed by atoms with Crippen molar-refractivity contribution in [1.82, 2.24) is 4.90 Å². The Morgan fingerprint density at radius 3 is 2.57 bits per heavy atom. The summed E-state index contributed by atoms with van der Waals surface area (Å²) < 4.78 is 0. The molecular formula is C10H12ClNO2. The summed E-state index contributed by atoms with van der Waals surface area (Å²) in [6.07, 6.45) is 0. The van der Waals surface area contributed by atoms with Gasteiger partial charge in [0, 0.05) is 5.02 Å². The van der Waals surface area contributed by atoms with Crippen LogP contribution in [0.3, 0.4) is 0 Å². The molecule has 1 aromatic carbocycles. The molecule has 1 N–H and O–H groups in total. The molecule has 1 atom stereocenters. The molecule has 0 amide bonds. The van der Waals surface area contributed by atoms with Gasteiger partial charge in [-0.2, -0.15) is 0 Å². The van der Waals surface area contributed by atoms with Crippen LogP contribution in [0, 0.1) is 0 Å². The highest BCUT2D eigenvalue weighted by Crippen LogP contribution is 2.21. The van der Waals surface area contributed by atoms with E-state index < -0.39 is 12.0 Å². The minimum atomic E-state index is -0.878. The number of aliphatic carboxylic acids is 1. The maximum absolute atomic E-state index is 11.0. The number of benzene rings is 1. The third-order valence-electron chi connectivity index (χ3n) is 1.91. The van der Waals surface area contributed by atoms with Gasteiger partial charge >= 0.3 is 5.97 Å². The van der Waals surface area contributed by atoms with Crippen LogP contribution in [0.1, 0.15) is 11.6 Å². The first kappa shape index (κ1) is 11.0. The molecule has 0 radical (unpaired) electrons. The summed E-state index contributed by atoms with van der Waals surface area (Å²) in [5, 5.41) is 9.55. The number of carbonyl (C=O) groups is 1. The Bertz CT molecular complexity index is 339. The molecule has 1 unspecified atom stereocenters. The first-order valence-electron chi connectivity index (χ1n) is 4.17. The van der Waals surface area contributed by atoms with E-state index >= 15 is 0 Å². The van der Waals surface area contributed by atoms with E-state index in [0.29, 0.717) is 10.6 Å². The fourth-order valence-corrected chi connectivity index (χ4v) is 1.54. The fourth-order valence-electron chi connectivity index (χ4n) is 1.34. The molecule has 0 heterocycles. The molecule has 0 spiro atoms. The second-order valence-electron chi connectivity index (χ2n) is 3.26. The molecule has 1 aromatic rings. The summed E-state index contributed by atoms with van der Waals surface area (Å²) in [5.41, 5.74) is 0.690. The molecule has 0 saturated heterocycles. The zero-order valence-electron chi connectivity index (χ0n) is 8.07. The van der Waals surface area contributed by atoms with Crippen LogP contribution in [0.2, 0.25) is 5.02 Å². The molecule has 0 aromatic heterocycles. The van der Waals surface area contributed by atoms with Gasteiger partial charge < -0.3 is 5.11 Å². The second kappa shape index (κ2) is 4.44. The Balaban J connectivity index is 3.05. The summed E-state index contributed by atoms with van der Waals surface area (Å²) in [5.74, 6) is -0.878. The number of carboxylic acid groups (broad SMARTS) is 1. The number of nitrogens with zero attached hydrogens (tertiary/aromatic N) is 1. The maximum atomic E-state index is 11.0. The van der Waals surface area contributed by atoms with Gasteiger partial charge in [-0.1, -0.05) is 23.7 Å². The van der Waals surface area contributed by atoms with Gasteiger partial charge in [0.15, 0.2) is 0 Å². The first-order valence-corrected chi connectivity index (χ1v) is 4.55. The predicted octanol–water partition coefficient (Wildman–Crippen LogP) is 2.03. The number of likely N-dealkylation sites (N-methyl/N-ethyl adjacent to an activating group) is 1. The second-order valence-corrected chi connectivity index (χ2v) is 3.70. The Kier molecular flexibility index (Phi) is 3.49. The van der Waals surface area contributed by atoms with Crippen molar-refractivity contribution in [3.05, 3.63) is 34.9 Å². The molecule has 0 saturated carbocycles. The highest BCUT2D eigenvalue weighted by molar-refractivity contribution is 6.30. The third kappa shape index (κ3) is 2.47. The van der Waals surface area contributed by atoms with E-state index in [1.807, 2.05) is 0 Å². The van der Waals surface area contributed by atoms with Crippen LogP contribution in [-0.4, -0.2) is 30.1 Å². The molecule has 0 aliphatic rings. The normalized spacial score (nSPS) is 12.9. The van der Waals surface area contributed by atoms with Crippen molar-refractivity contribution in [3.63, 3.8) is 0 Å². The van der Waals surface area contributed by atoms with E-state index in [9.17, 15) is 4.79 Å². The number of rotatable bonds is 3. The van der Waals surface area contributed by atoms with Crippen LogP contribution in [0.15, 0.2) is 24.3 Å². The van der Waals surface area contributed by atoms with Crippen molar-refractivity contribution in [2.75, 3.05) is 14.1 Å². The van der Waals surface area contributed by atoms with Crippen molar-refractivity contribution in [2.45, 2.75) is 6.04 Å². The van der Waals surface area contributed by atoms with E-state index in [2.05, 4.69) is 0 Å². The molecule has 76 valence electrons. The Labute approximate surface area is 87.9 Å². The van der Waals surface area contributed by atoms with E-state index in [-0.39, 0.29) is 0 Å². The van der Waals surface area contributed by atoms with Gasteiger partial charge in [0.2, 0.25) is 0 Å². The SMILES string of the molecule is CN(C)C(C(=O)O)c1cccc(Cl)c1. The molecule has 0 aliphatic carbocycles. The summed E-state index contributed by atoms with van der Waals surface area (Å²) in [7, 11) is 3.44. The van der Waals surface area contributed by atoms with Crippen molar-refractivity contribution < 1.29 is 9.90 Å². The molecule has 0 aliphatic heterocycles. The Morgan fingerprint density at radius 2 is 2.14 bits per heavy atom. The highest BCUT2D eigenvalue weighted by atomic mass is 35.5. The molecule has 14 heavy (non-hydrogen) atoms. The van der Waals surface area contributed by atoms with Crippen LogP contribution in [-0.2, 0) is 4.79 Å². The van der Waals surface area contributed by atoms with Gasteiger partial charge in [-0.3, -0.25) is 9.69 Å². The average molecular weight is 214 g/mol. The maximum Gasteiger partial charge on any atom is 0.325 e. The minimum absolute atomic E-state index is 0.551. The van der Waals surface area contributed by atoms with Crippen LogP contribution >= 0.6 is 11.6 Å². The summed E-state index contributed by atoms with van der Waals surface area (Å²) >= 11 is 5.79. The first-order chi connectivity index (χ1) is 6.52. The average Bonchev–Trinajstić information content (AvgIpc) is 2.02. The van der Waals surface area contributed by atoms with Crippen LogP contribution in [0.25, 0.3) is 0 Å². The molecule has 0 bridgehead atoms. The van der Waals surface area contributed by atoms with Gasteiger partial charge in [-0.15, -0.1) is 0 Å². The Hall–Kier alpha value is -1.06.